The molecule has 0 bridgehead atoms. The second kappa shape index (κ2) is 6.46. The fourth-order valence-electron chi connectivity index (χ4n) is 3.00. The van der Waals surface area contributed by atoms with Crippen molar-refractivity contribution < 1.29 is 19.1 Å². The highest BCUT2D eigenvalue weighted by molar-refractivity contribution is 6.05. The van der Waals surface area contributed by atoms with Crippen molar-refractivity contribution in [2.75, 3.05) is 24.8 Å². The monoisotopic (exact) mass is 368 g/mol. The lowest BCUT2D eigenvalue weighted by Crippen LogP contribution is -2.22. The van der Waals surface area contributed by atoms with Crippen LogP contribution < -0.4 is 25.4 Å². The predicted octanol–water partition coefficient (Wildman–Crippen LogP) is 2.96. The van der Waals surface area contributed by atoms with Crippen LogP contribution in [-0.4, -0.2) is 31.0 Å². The quantitative estimate of drug-likeness (QED) is 0.654. The molecule has 2 aliphatic rings. The predicted molar refractivity (Wildman–Crippen MR) is 100 cm³/mol. The van der Waals surface area contributed by atoms with Gasteiger partial charge in [0.25, 0.3) is 5.91 Å². The van der Waals surface area contributed by atoms with E-state index in [0.29, 0.717) is 34.2 Å². The zero-order valence-electron chi connectivity index (χ0n) is 15.3. The first-order chi connectivity index (χ1) is 13.0. The summed E-state index contributed by atoms with van der Waals surface area (Å²) in [4.78, 5) is 28.8. The van der Waals surface area contributed by atoms with Gasteiger partial charge in [-0.15, -0.1) is 0 Å². The molecule has 1 fully saturated rings. The molecule has 0 saturated heterocycles. The summed E-state index contributed by atoms with van der Waals surface area (Å²) in [5.41, 5.74) is 2.32. The summed E-state index contributed by atoms with van der Waals surface area (Å²) in [6.45, 7) is 1.93. The number of aromatic nitrogens is 1. The first-order valence-corrected chi connectivity index (χ1v) is 8.71. The van der Waals surface area contributed by atoms with Crippen molar-refractivity contribution in [1.82, 2.24) is 10.3 Å². The topological polar surface area (TPSA) is 102 Å². The lowest BCUT2D eigenvalue weighted by molar-refractivity contribution is -0.117. The molecule has 0 unspecified atom stereocenters. The molecule has 1 aromatic heterocycles. The van der Waals surface area contributed by atoms with Gasteiger partial charge in [0.15, 0.2) is 17.3 Å². The Morgan fingerprint density at radius 2 is 2.07 bits per heavy atom. The fraction of sp³-hybridized carbons (Fsp3) is 0.316. The van der Waals surface area contributed by atoms with Crippen LogP contribution in [0.1, 0.15) is 28.8 Å². The van der Waals surface area contributed by atoms with E-state index in [9.17, 15) is 9.59 Å². The molecule has 1 aromatic carbocycles. The van der Waals surface area contributed by atoms with Crippen LogP contribution in [0.2, 0.25) is 0 Å². The smallest absolute Gasteiger partial charge is 0.254 e. The molecule has 1 aliphatic heterocycles. The van der Waals surface area contributed by atoms with Crippen molar-refractivity contribution in [3.05, 3.63) is 29.5 Å². The van der Waals surface area contributed by atoms with E-state index in [4.69, 9.17) is 9.47 Å². The highest BCUT2D eigenvalue weighted by Crippen LogP contribution is 2.50. The number of hydrogen-bond acceptors (Lipinski definition) is 6. The van der Waals surface area contributed by atoms with Crippen LogP contribution in [0.3, 0.4) is 0 Å². The van der Waals surface area contributed by atoms with Gasteiger partial charge in [-0.25, -0.2) is 4.98 Å². The van der Waals surface area contributed by atoms with Crippen LogP contribution >= 0.6 is 0 Å². The number of pyridine rings is 1. The van der Waals surface area contributed by atoms with Gasteiger partial charge in [-0.05, 0) is 37.5 Å². The van der Waals surface area contributed by atoms with E-state index < -0.39 is 0 Å². The van der Waals surface area contributed by atoms with Gasteiger partial charge in [-0.1, -0.05) is 0 Å². The van der Waals surface area contributed by atoms with Gasteiger partial charge in [-0.2, -0.15) is 0 Å². The van der Waals surface area contributed by atoms with Crippen molar-refractivity contribution in [3.8, 4) is 17.2 Å². The number of rotatable bonds is 4. The van der Waals surface area contributed by atoms with Crippen LogP contribution in [-0.2, 0) is 4.79 Å². The molecular weight excluding hydrogens is 348 g/mol. The summed E-state index contributed by atoms with van der Waals surface area (Å²) < 4.78 is 11.5. The highest BCUT2D eigenvalue weighted by Gasteiger charge is 2.33. The largest absolute Gasteiger partial charge is 0.494 e. The van der Waals surface area contributed by atoms with Crippen LogP contribution in [0.15, 0.2) is 18.3 Å². The standard InChI is InChI=1S/C19H20N4O4/c1-9-6-12(26-3)15-13(7-9)27-16-14(22-15)11(19(25)20-2)8-21-17(16)23-18(24)10-4-5-10/h6-8,10,22H,4-5H2,1-3H3,(H,20,25)(H,21,23,24). The van der Waals surface area contributed by atoms with Gasteiger partial charge < -0.3 is 25.4 Å². The average molecular weight is 368 g/mol. The Morgan fingerprint density at radius 1 is 1.30 bits per heavy atom. The van der Waals surface area contributed by atoms with E-state index in [1.165, 1.54) is 6.20 Å². The van der Waals surface area contributed by atoms with E-state index in [2.05, 4.69) is 20.9 Å². The van der Waals surface area contributed by atoms with E-state index in [-0.39, 0.29) is 23.6 Å². The lowest BCUT2D eigenvalue weighted by atomic mass is 10.1. The summed E-state index contributed by atoms with van der Waals surface area (Å²) >= 11 is 0. The number of benzene rings is 1. The van der Waals surface area contributed by atoms with Gasteiger partial charge in [0.05, 0.1) is 12.7 Å². The minimum absolute atomic E-state index is 0.0206. The number of ether oxygens (including phenoxy) is 2. The second-order valence-electron chi connectivity index (χ2n) is 6.63. The molecule has 2 aromatic rings. The Morgan fingerprint density at radius 3 is 2.74 bits per heavy atom. The van der Waals surface area contributed by atoms with Gasteiger partial charge in [0.1, 0.15) is 17.1 Å². The second-order valence-corrected chi connectivity index (χ2v) is 6.63. The Balaban J connectivity index is 1.82. The average Bonchev–Trinajstić information content (AvgIpc) is 3.51. The molecule has 1 saturated carbocycles. The van der Waals surface area contributed by atoms with Crippen LogP contribution in [0.4, 0.5) is 17.2 Å². The van der Waals surface area contributed by atoms with Crippen molar-refractivity contribution in [2.24, 2.45) is 5.92 Å². The minimum atomic E-state index is -0.315. The molecule has 1 aliphatic carbocycles. The molecule has 2 heterocycles. The van der Waals surface area contributed by atoms with Crippen LogP contribution in [0, 0.1) is 12.8 Å². The molecule has 8 nitrogen and oxygen atoms in total. The molecule has 27 heavy (non-hydrogen) atoms. The van der Waals surface area contributed by atoms with Gasteiger partial charge in [0.2, 0.25) is 5.91 Å². The van der Waals surface area contributed by atoms with E-state index in [1.807, 2.05) is 19.1 Å². The minimum Gasteiger partial charge on any atom is -0.494 e. The van der Waals surface area contributed by atoms with Crippen LogP contribution in [0.25, 0.3) is 0 Å². The maximum absolute atomic E-state index is 12.3. The van der Waals surface area contributed by atoms with E-state index >= 15 is 0 Å². The molecule has 8 heteroatoms. The summed E-state index contributed by atoms with van der Waals surface area (Å²) in [6.07, 6.45) is 3.17. The highest BCUT2D eigenvalue weighted by atomic mass is 16.5. The first-order valence-electron chi connectivity index (χ1n) is 8.71. The van der Waals surface area contributed by atoms with Crippen molar-refractivity contribution >= 4 is 29.0 Å². The Hall–Kier alpha value is -3.29. The van der Waals surface area contributed by atoms with Crippen molar-refractivity contribution in [1.29, 1.82) is 0 Å². The zero-order valence-corrected chi connectivity index (χ0v) is 15.3. The van der Waals surface area contributed by atoms with Gasteiger partial charge in [0, 0.05) is 19.2 Å². The summed E-state index contributed by atoms with van der Waals surface area (Å²) in [7, 11) is 3.11. The number of nitrogens with zero attached hydrogens (tertiary/aromatic N) is 1. The molecule has 4 rings (SSSR count). The first kappa shape index (κ1) is 17.1. The van der Waals surface area contributed by atoms with Crippen molar-refractivity contribution in [3.63, 3.8) is 0 Å². The third kappa shape index (κ3) is 3.03. The molecule has 140 valence electrons. The summed E-state index contributed by atoms with van der Waals surface area (Å²) in [5, 5.41) is 8.63. The summed E-state index contributed by atoms with van der Waals surface area (Å²) in [6, 6.07) is 3.73. The maximum atomic E-state index is 12.3. The molecule has 0 spiro atoms. The number of hydrogen-bond donors (Lipinski definition) is 3. The van der Waals surface area contributed by atoms with E-state index in [1.54, 1.807) is 14.2 Å². The maximum Gasteiger partial charge on any atom is 0.254 e. The Bertz CT molecular complexity index is 953. The Kier molecular flexibility index (Phi) is 4.10. The number of carbonyl (C=O) groups excluding carboxylic acids is 2. The molecule has 3 N–H and O–H groups in total. The van der Waals surface area contributed by atoms with Crippen molar-refractivity contribution in [2.45, 2.75) is 19.8 Å². The Labute approximate surface area is 156 Å². The van der Waals surface area contributed by atoms with Gasteiger partial charge >= 0.3 is 0 Å². The van der Waals surface area contributed by atoms with Crippen LogP contribution in [0.5, 0.6) is 17.2 Å². The SMILES string of the molecule is CNC(=O)c1cnc(NC(=O)C2CC2)c2c1Nc1c(OC)cc(C)cc1O2. The number of carbonyl (C=O) groups is 2. The third-order valence-corrected chi connectivity index (χ3v) is 4.59. The number of anilines is 3. The number of amides is 2. The summed E-state index contributed by atoms with van der Waals surface area (Å²) in [5.74, 6) is 1.35. The molecule has 0 radical (unpaired) electrons. The number of aryl methyl sites for hydroxylation is 1. The molecule has 0 atom stereocenters. The fourth-order valence-corrected chi connectivity index (χ4v) is 3.00. The number of fused-ring (bicyclic) bond motifs is 2. The third-order valence-electron chi connectivity index (χ3n) is 4.59. The zero-order chi connectivity index (χ0) is 19.1. The number of nitrogens with one attached hydrogen (secondary N) is 3. The van der Waals surface area contributed by atoms with E-state index in [0.717, 1.165) is 18.4 Å². The molecular formula is C19H20N4O4. The normalized spacial score (nSPS) is 14.2. The number of methoxy groups -OCH3 is 1. The van der Waals surface area contributed by atoms with Gasteiger partial charge in [-0.3, -0.25) is 9.59 Å². The molecule has 2 amide bonds. The lowest BCUT2D eigenvalue weighted by Gasteiger charge is -2.26.